The van der Waals surface area contributed by atoms with E-state index in [0.717, 1.165) is 17.6 Å². The molecule has 0 aromatic heterocycles. The summed E-state index contributed by atoms with van der Waals surface area (Å²) in [6.45, 7) is 3.47. The summed E-state index contributed by atoms with van der Waals surface area (Å²) in [7, 11) is 4.42. The van der Waals surface area contributed by atoms with E-state index in [-0.39, 0.29) is 5.78 Å². The highest BCUT2D eigenvalue weighted by Crippen LogP contribution is 2.30. The van der Waals surface area contributed by atoms with Crippen molar-refractivity contribution in [3.63, 3.8) is 0 Å². The maximum atomic E-state index is 11.4. The second-order valence-corrected chi connectivity index (χ2v) is 7.07. The second-order valence-electron chi connectivity index (χ2n) is 7.07. The summed E-state index contributed by atoms with van der Waals surface area (Å²) in [6.07, 6.45) is 0.635. The minimum Gasteiger partial charge on any atom is -0.324 e. The lowest BCUT2D eigenvalue weighted by atomic mass is 9.96. The fourth-order valence-electron chi connectivity index (χ4n) is 3.25. The van der Waals surface area contributed by atoms with Crippen molar-refractivity contribution in [3.05, 3.63) is 60.2 Å². The molecule has 0 spiro atoms. The summed E-state index contributed by atoms with van der Waals surface area (Å²) in [5.41, 5.74) is 1.38. The Morgan fingerprint density at radius 1 is 0.913 bits per heavy atom. The number of hydrogen-bond acceptors (Lipinski definition) is 1. The average Bonchev–Trinajstić information content (AvgIpc) is 2.53. The zero-order valence-corrected chi connectivity index (χ0v) is 14.2. The number of benzene rings is 3. The Hall–Kier alpha value is -2.19. The predicted molar refractivity (Wildman–Crippen MR) is 97.4 cm³/mol. The Morgan fingerprint density at radius 2 is 1.43 bits per heavy atom. The van der Waals surface area contributed by atoms with Crippen LogP contribution in [0.5, 0.6) is 0 Å². The molecule has 0 saturated heterocycles. The minimum atomic E-state index is 0.263. The second kappa shape index (κ2) is 6.13. The quantitative estimate of drug-likeness (QED) is 0.499. The van der Waals surface area contributed by atoms with Crippen LogP contribution in [0.25, 0.3) is 21.5 Å². The average molecular weight is 306 g/mol. The lowest BCUT2D eigenvalue weighted by Crippen LogP contribution is -2.40. The van der Waals surface area contributed by atoms with Crippen molar-refractivity contribution in [1.29, 1.82) is 0 Å². The van der Waals surface area contributed by atoms with E-state index in [1.165, 1.54) is 27.1 Å². The van der Waals surface area contributed by atoms with E-state index in [1.54, 1.807) is 6.92 Å². The highest BCUT2D eigenvalue weighted by atomic mass is 16.1. The standard InChI is InChI=1S/C21H24NO/c1-16(23)12-13-22(2,3)15-21-19-10-6-4-8-17(19)14-18-9-5-7-11-20(18)21/h4-11,14H,12-13,15H2,1-3H3/q+1. The van der Waals surface area contributed by atoms with Crippen molar-refractivity contribution in [2.24, 2.45) is 0 Å². The molecule has 0 aliphatic heterocycles. The van der Waals surface area contributed by atoms with Crippen LogP contribution >= 0.6 is 0 Å². The van der Waals surface area contributed by atoms with Crippen molar-refractivity contribution >= 4 is 27.3 Å². The third-order valence-corrected chi connectivity index (χ3v) is 4.54. The first-order chi connectivity index (χ1) is 11.0. The van der Waals surface area contributed by atoms with Gasteiger partial charge in [-0.25, -0.2) is 0 Å². The molecule has 0 aliphatic carbocycles. The molecule has 3 aromatic carbocycles. The topological polar surface area (TPSA) is 17.1 Å². The molecule has 0 atom stereocenters. The van der Waals surface area contributed by atoms with E-state index in [0.29, 0.717) is 6.42 Å². The third-order valence-electron chi connectivity index (χ3n) is 4.54. The number of ketones is 1. The van der Waals surface area contributed by atoms with Gasteiger partial charge in [0.15, 0.2) is 0 Å². The molecule has 118 valence electrons. The molecule has 0 aliphatic rings. The normalized spacial score (nSPS) is 12.0. The van der Waals surface area contributed by atoms with Crippen LogP contribution in [-0.2, 0) is 11.3 Å². The molecule has 0 radical (unpaired) electrons. The molecular formula is C21H24NO+. The van der Waals surface area contributed by atoms with Gasteiger partial charge in [0.05, 0.1) is 27.1 Å². The fourth-order valence-corrected chi connectivity index (χ4v) is 3.25. The SMILES string of the molecule is CC(=O)CC[N+](C)(C)Cc1c2ccccc2cc2ccccc12. The molecule has 0 amide bonds. The van der Waals surface area contributed by atoms with Crippen LogP contribution in [0.15, 0.2) is 54.6 Å². The highest BCUT2D eigenvalue weighted by molar-refractivity contribution is 6.02. The molecule has 0 bridgehead atoms. The van der Waals surface area contributed by atoms with Crippen molar-refractivity contribution in [3.8, 4) is 0 Å². The van der Waals surface area contributed by atoms with Gasteiger partial charge < -0.3 is 4.48 Å². The molecule has 23 heavy (non-hydrogen) atoms. The summed E-state index contributed by atoms with van der Waals surface area (Å²) < 4.78 is 0.817. The first kappa shape index (κ1) is 15.7. The number of carbonyl (C=O) groups is 1. The summed E-state index contributed by atoms with van der Waals surface area (Å²) in [5, 5.41) is 5.21. The molecule has 0 fully saturated rings. The van der Waals surface area contributed by atoms with Gasteiger partial charge in [0.25, 0.3) is 0 Å². The van der Waals surface area contributed by atoms with Gasteiger partial charge in [0, 0.05) is 5.56 Å². The number of hydrogen-bond donors (Lipinski definition) is 0. The van der Waals surface area contributed by atoms with E-state index < -0.39 is 0 Å². The molecule has 0 unspecified atom stereocenters. The Balaban J connectivity index is 2.11. The maximum Gasteiger partial charge on any atom is 0.135 e. The van der Waals surface area contributed by atoms with Crippen molar-refractivity contribution in [1.82, 2.24) is 0 Å². The van der Waals surface area contributed by atoms with Gasteiger partial charge in [-0.15, -0.1) is 0 Å². The van der Waals surface area contributed by atoms with Crippen LogP contribution in [-0.4, -0.2) is 30.9 Å². The smallest absolute Gasteiger partial charge is 0.135 e. The van der Waals surface area contributed by atoms with Crippen LogP contribution in [0.2, 0.25) is 0 Å². The van der Waals surface area contributed by atoms with Crippen LogP contribution in [0.3, 0.4) is 0 Å². The molecular weight excluding hydrogens is 282 g/mol. The third kappa shape index (κ3) is 3.43. The van der Waals surface area contributed by atoms with Gasteiger partial charge in [0.2, 0.25) is 0 Å². The summed E-state index contributed by atoms with van der Waals surface area (Å²) in [5.74, 6) is 0.263. The van der Waals surface area contributed by atoms with E-state index in [9.17, 15) is 4.79 Å². The Kier molecular flexibility index (Phi) is 4.18. The van der Waals surface area contributed by atoms with E-state index in [1.807, 2.05) is 0 Å². The monoisotopic (exact) mass is 306 g/mol. The summed E-state index contributed by atoms with van der Waals surface area (Å²) in [6, 6.07) is 19.5. The molecule has 2 nitrogen and oxygen atoms in total. The first-order valence-electron chi connectivity index (χ1n) is 8.17. The first-order valence-corrected chi connectivity index (χ1v) is 8.17. The van der Waals surface area contributed by atoms with Gasteiger partial charge in [0.1, 0.15) is 12.3 Å². The maximum absolute atomic E-state index is 11.4. The van der Waals surface area contributed by atoms with Crippen LogP contribution in [0, 0.1) is 0 Å². The zero-order valence-electron chi connectivity index (χ0n) is 14.2. The zero-order chi connectivity index (χ0) is 16.4. The van der Waals surface area contributed by atoms with Crippen molar-refractivity contribution in [2.45, 2.75) is 19.9 Å². The van der Waals surface area contributed by atoms with Crippen LogP contribution < -0.4 is 0 Å². The van der Waals surface area contributed by atoms with Gasteiger partial charge in [-0.05, 0) is 34.5 Å². The molecule has 2 heteroatoms. The number of Topliss-reactive ketones (excluding diaryl/α,β-unsaturated/α-hetero) is 1. The van der Waals surface area contributed by atoms with Crippen LogP contribution in [0.4, 0.5) is 0 Å². The van der Waals surface area contributed by atoms with Crippen LogP contribution in [0.1, 0.15) is 18.9 Å². The van der Waals surface area contributed by atoms with Gasteiger partial charge in [-0.3, -0.25) is 4.79 Å². The highest BCUT2D eigenvalue weighted by Gasteiger charge is 2.20. The number of fused-ring (bicyclic) bond motifs is 2. The Labute approximate surface area is 137 Å². The molecule has 3 aromatic rings. The fraction of sp³-hybridized carbons (Fsp3) is 0.286. The summed E-state index contributed by atoms with van der Waals surface area (Å²) >= 11 is 0. The number of carbonyl (C=O) groups excluding carboxylic acids is 1. The van der Waals surface area contributed by atoms with Gasteiger partial charge in [-0.2, -0.15) is 0 Å². The molecule has 0 heterocycles. The summed E-state index contributed by atoms with van der Waals surface area (Å²) in [4.78, 5) is 11.4. The van der Waals surface area contributed by atoms with Crippen molar-refractivity contribution in [2.75, 3.05) is 20.6 Å². The number of quaternary nitrogens is 1. The number of rotatable bonds is 5. The molecule has 3 rings (SSSR count). The van der Waals surface area contributed by atoms with Crippen molar-refractivity contribution < 1.29 is 9.28 Å². The largest absolute Gasteiger partial charge is 0.324 e. The Morgan fingerprint density at radius 3 is 1.96 bits per heavy atom. The lowest BCUT2D eigenvalue weighted by molar-refractivity contribution is -0.902. The van der Waals surface area contributed by atoms with E-state index in [4.69, 9.17) is 0 Å². The van der Waals surface area contributed by atoms with Gasteiger partial charge in [-0.1, -0.05) is 48.5 Å². The molecule has 0 saturated carbocycles. The van der Waals surface area contributed by atoms with E-state index >= 15 is 0 Å². The van der Waals surface area contributed by atoms with E-state index in [2.05, 4.69) is 68.7 Å². The number of nitrogens with zero attached hydrogens (tertiary/aromatic N) is 1. The Bertz CT molecular complexity index is 810. The predicted octanol–water partition coefficient (Wildman–Crippen LogP) is 4.55. The van der Waals surface area contributed by atoms with Gasteiger partial charge >= 0.3 is 0 Å². The lowest BCUT2D eigenvalue weighted by Gasteiger charge is -2.30. The minimum absolute atomic E-state index is 0.263. The molecule has 0 N–H and O–H groups in total.